The van der Waals surface area contributed by atoms with E-state index in [2.05, 4.69) is 10.6 Å². The monoisotopic (exact) mass is 466 g/mol. The van der Waals surface area contributed by atoms with Crippen LogP contribution < -0.4 is 10.6 Å². The van der Waals surface area contributed by atoms with Gasteiger partial charge in [-0.1, -0.05) is 45.0 Å². The summed E-state index contributed by atoms with van der Waals surface area (Å²) < 4.78 is 5.49. The van der Waals surface area contributed by atoms with Gasteiger partial charge in [-0.05, 0) is 36.3 Å². The predicted octanol–water partition coefficient (Wildman–Crippen LogP) is 2.14. The maximum absolute atomic E-state index is 12.9. The molecule has 1 aromatic carbocycles. The molecule has 2 heterocycles. The molecule has 0 spiro atoms. The molecule has 0 radical (unpaired) electrons. The van der Waals surface area contributed by atoms with Gasteiger partial charge in [-0.2, -0.15) is 5.26 Å². The highest BCUT2D eigenvalue weighted by atomic mass is 16.4. The van der Waals surface area contributed by atoms with Crippen molar-refractivity contribution in [3.05, 3.63) is 47.7 Å². The highest BCUT2D eigenvalue weighted by molar-refractivity contribution is 6.43. The van der Waals surface area contributed by atoms with E-state index in [9.17, 15) is 24.9 Å². The van der Waals surface area contributed by atoms with Gasteiger partial charge >= 0.3 is 13.1 Å². The van der Waals surface area contributed by atoms with E-state index < -0.39 is 19.1 Å². The molecule has 4 N–H and O–H groups in total. The van der Waals surface area contributed by atoms with Gasteiger partial charge in [-0.3, -0.25) is 4.79 Å². The fourth-order valence-corrected chi connectivity index (χ4v) is 4.13. The first-order valence-electron chi connectivity index (χ1n) is 11.4. The van der Waals surface area contributed by atoms with Crippen LogP contribution in [-0.4, -0.2) is 59.1 Å². The molecule has 1 aliphatic rings. The summed E-state index contributed by atoms with van der Waals surface area (Å²) in [4.78, 5) is 27.0. The van der Waals surface area contributed by atoms with Gasteiger partial charge in [0.05, 0.1) is 12.2 Å². The zero-order valence-electron chi connectivity index (χ0n) is 19.7. The summed E-state index contributed by atoms with van der Waals surface area (Å²) in [5, 5.41) is 35.2. The molecule has 1 aliphatic heterocycles. The Balaban J connectivity index is 1.59. The van der Waals surface area contributed by atoms with Crippen LogP contribution in [0.3, 0.4) is 0 Å². The van der Waals surface area contributed by atoms with Gasteiger partial charge in [0.1, 0.15) is 17.2 Å². The number of benzene rings is 1. The third-order valence-electron chi connectivity index (χ3n) is 5.74. The molecular formula is C24H31BN4O5. The molecule has 34 heavy (non-hydrogen) atoms. The maximum Gasteiger partial charge on any atom is 0.475 e. The molecule has 1 aromatic heterocycles. The van der Waals surface area contributed by atoms with Crippen LogP contribution in [0, 0.1) is 16.7 Å². The lowest BCUT2D eigenvalue weighted by atomic mass is 9.76. The lowest BCUT2D eigenvalue weighted by Gasteiger charge is -2.26. The number of furan rings is 1. The van der Waals surface area contributed by atoms with Crippen molar-refractivity contribution in [3.8, 4) is 6.07 Å². The Hall–Kier alpha value is -3.29. The van der Waals surface area contributed by atoms with Crippen molar-refractivity contribution in [1.29, 1.82) is 5.26 Å². The van der Waals surface area contributed by atoms with E-state index in [0.29, 0.717) is 18.5 Å². The number of likely N-dealkylation sites (tertiary alicyclic amines) is 1. The van der Waals surface area contributed by atoms with E-state index >= 15 is 0 Å². The van der Waals surface area contributed by atoms with E-state index in [1.807, 2.05) is 51.1 Å². The average molecular weight is 466 g/mol. The Morgan fingerprint density at radius 3 is 2.76 bits per heavy atom. The molecule has 1 saturated heterocycles. The van der Waals surface area contributed by atoms with Crippen LogP contribution in [0.1, 0.15) is 39.2 Å². The van der Waals surface area contributed by atoms with Crippen molar-refractivity contribution >= 4 is 30.0 Å². The number of carbonyl (C=O) groups is 2. The Bertz CT molecular complexity index is 1100. The molecule has 3 rings (SSSR count). The number of carbonyl (C=O) groups excluding carboxylic acids is 2. The largest absolute Gasteiger partial charge is 0.475 e. The fraction of sp³-hybridized carbons (Fsp3) is 0.458. The lowest BCUT2D eigenvalue weighted by Crippen LogP contribution is -2.53. The number of allylic oxidation sites excluding steroid dienone is 1. The van der Waals surface area contributed by atoms with Gasteiger partial charge < -0.3 is 30.0 Å². The molecule has 2 atom stereocenters. The molecule has 180 valence electrons. The molecule has 2 aromatic rings. The van der Waals surface area contributed by atoms with Gasteiger partial charge in [0, 0.05) is 24.5 Å². The number of hydrogen-bond donors (Lipinski definition) is 4. The Labute approximate surface area is 199 Å². The van der Waals surface area contributed by atoms with Gasteiger partial charge in [-0.15, -0.1) is 0 Å². The first-order chi connectivity index (χ1) is 16.1. The number of nitrogens with zero attached hydrogens (tertiary/aromatic N) is 2. The summed E-state index contributed by atoms with van der Waals surface area (Å²) in [5.74, 6) is -1.29. The van der Waals surface area contributed by atoms with E-state index in [1.54, 1.807) is 17.2 Å². The standard InChI is InChI=1S/C24H31BN4O5/c1-24(2,3)12-17(13-26)22(30)29-10-6-7-18(29)14-27-23(31)28-21(25(32)33)11-16-15-34-20-9-5-4-8-19(16)20/h4-5,8-9,12,15,18,21,32-33H,6-7,10-11,14H2,1-3H3,(H2,27,28,31)/t18-,21?/m1/s1. The quantitative estimate of drug-likeness (QED) is 0.280. The zero-order chi connectivity index (χ0) is 24.9. The summed E-state index contributed by atoms with van der Waals surface area (Å²) >= 11 is 0. The van der Waals surface area contributed by atoms with Crippen LogP contribution >= 0.6 is 0 Å². The second-order valence-corrected chi connectivity index (χ2v) is 9.67. The zero-order valence-corrected chi connectivity index (χ0v) is 19.7. The fourth-order valence-electron chi connectivity index (χ4n) is 4.13. The summed E-state index contributed by atoms with van der Waals surface area (Å²) in [6, 6.07) is 8.56. The average Bonchev–Trinajstić information content (AvgIpc) is 3.41. The molecule has 3 amide bonds. The second-order valence-electron chi connectivity index (χ2n) is 9.67. The van der Waals surface area contributed by atoms with Crippen molar-refractivity contribution in [2.24, 2.45) is 5.41 Å². The van der Waals surface area contributed by atoms with Crippen LogP contribution in [0.15, 0.2) is 46.6 Å². The molecule has 1 unspecified atom stereocenters. The van der Waals surface area contributed by atoms with Crippen molar-refractivity contribution in [2.75, 3.05) is 13.1 Å². The Morgan fingerprint density at radius 2 is 2.09 bits per heavy atom. The van der Waals surface area contributed by atoms with Crippen molar-refractivity contribution in [2.45, 2.75) is 52.0 Å². The van der Waals surface area contributed by atoms with E-state index in [1.165, 1.54) is 0 Å². The number of fused-ring (bicyclic) bond motifs is 1. The number of hydrogen-bond acceptors (Lipinski definition) is 6. The first-order valence-corrected chi connectivity index (χ1v) is 11.4. The van der Waals surface area contributed by atoms with E-state index in [0.717, 1.165) is 17.4 Å². The number of rotatable bonds is 7. The van der Waals surface area contributed by atoms with Crippen molar-refractivity contribution in [1.82, 2.24) is 15.5 Å². The molecular weight excluding hydrogens is 435 g/mol. The molecule has 1 fully saturated rings. The van der Waals surface area contributed by atoms with Crippen LogP contribution in [0.25, 0.3) is 11.0 Å². The molecule has 0 bridgehead atoms. The summed E-state index contributed by atoms with van der Waals surface area (Å²) in [6.45, 7) is 6.46. The Kier molecular flexibility index (Phi) is 8.02. The number of nitriles is 1. The van der Waals surface area contributed by atoms with Crippen LogP contribution in [0.4, 0.5) is 4.79 Å². The van der Waals surface area contributed by atoms with Gasteiger partial charge in [0.15, 0.2) is 0 Å². The van der Waals surface area contributed by atoms with Crippen LogP contribution in [0.2, 0.25) is 0 Å². The highest BCUT2D eigenvalue weighted by Gasteiger charge is 2.32. The number of para-hydroxylation sites is 1. The third-order valence-corrected chi connectivity index (χ3v) is 5.74. The minimum Gasteiger partial charge on any atom is -0.464 e. The Morgan fingerprint density at radius 1 is 1.35 bits per heavy atom. The first kappa shape index (κ1) is 25.3. The minimum atomic E-state index is -1.77. The summed E-state index contributed by atoms with van der Waals surface area (Å²) in [5.41, 5.74) is 1.21. The van der Waals surface area contributed by atoms with Crippen molar-refractivity contribution in [3.63, 3.8) is 0 Å². The predicted molar refractivity (Wildman–Crippen MR) is 128 cm³/mol. The molecule has 0 saturated carbocycles. The number of urea groups is 1. The molecule has 9 nitrogen and oxygen atoms in total. The smallest absolute Gasteiger partial charge is 0.464 e. The third kappa shape index (κ3) is 6.40. The van der Waals surface area contributed by atoms with Crippen LogP contribution in [-0.2, 0) is 11.2 Å². The second kappa shape index (κ2) is 10.8. The van der Waals surface area contributed by atoms with E-state index in [-0.39, 0.29) is 35.9 Å². The topological polar surface area (TPSA) is 139 Å². The maximum atomic E-state index is 12.9. The van der Waals surface area contributed by atoms with Crippen molar-refractivity contribution < 1.29 is 24.1 Å². The number of nitrogens with one attached hydrogen (secondary N) is 2. The van der Waals surface area contributed by atoms with Gasteiger partial charge in [-0.25, -0.2) is 4.79 Å². The van der Waals surface area contributed by atoms with Gasteiger partial charge in [0.25, 0.3) is 5.91 Å². The van der Waals surface area contributed by atoms with E-state index in [4.69, 9.17) is 4.42 Å². The minimum absolute atomic E-state index is 0.0969. The molecule has 0 aliphatic carbocycles. The van der Waals surface area contributed by atoms with Gasteiger partial charge in [0.2, 0.25) is 0 Å². The highest BCUT2D eigenvalue weighted by Crippen LogP contribution is 2.24. The SMILES string of the molecule is CC(C)(C)C=C(C#N)C(=O)N1CCC[C@@H]1CNC(=O)NC(Cc1coc2ccccc12)B(O)O. The lowest BCUT2D eigenvalue weighted by molar-refractivity contribution is -0.127. The summed E-state index contributed by atoms with van der Waals surface area (Å²) in [6.07, 6.45) is 4.85. The number of amides is 3. The van der Waals surface area contributed by atoms with Crippen LogP contribution in [0.5, 0.6) is 0 Å². The normalized spacial score (nSPS) is 17.4. The summed E-state index contributed by atoms with van der Waals surface area (Å²) in [7, 11) is -1.77. The molecule has 10 heteroatoms.